The molecule has 0 fully saturated rings. The molecule has 1 aromatic rings. The zero-order valence-corrected chi connectivity index (χ0v) is 9.00. The minimum atomic E-state index is -3.53. The van der Waals surface area contributed by atoms with Crippen LogP contribution in [0.25, 0.3) is 0 Å². The fourth-order valence-electron chi connectivity index (χ4n) is 1.70. The topological polar surface area (TPSA) is 60.4 Å². The van der Waals surface area contributed by atoms with Crippen molar-refractivity contribution < 1.29 is 17.4 Å². The molecule has 0 saturated heterocycles. The molecule has 0 aliphatic heterocycles. The fraction of sp³-hybridized carbons (Fsp3) is 0.300. The van der Waals surface area contributed by atoms with Crippen molar-refractivity contribution in [3.63, 3.8) is 0 Å². The molecule has 15 heavy (non-hydrogen) atoms. The van der Waals surface area contributed by atoms with Gasteiger partial charge in [-0.3, -0.25) is 4.79 Å². The van der Waals surface area contributed by atoms with E-state index in [1.54, 1.807) is 18.2 Å². The van der Waals surface area contributed by atoms with Crippen LogP contribution in [0, 0.1) is 0 Å². The van der Waals surface area contributed by atoms with E-state index < -0.39 is 10.1 Å². The molecule has 0 aromatic heterocycles. The first-order chi connectivity index (χ1) is 6.97. The predicted molar refractivity (Wildman–Crippen MR) is 54.6 cm³/mol. The van der Waals surface area contributed by atoms with Crippen LogP contribution in [0.5, 0.6) is 5.75 Å². The Morgan fingerprint density at radius 2 is 2.00 bits per heavy atom. The number of carbonyl (C=O) groups is 1. The van der Waals surface area contributed by atoms with Crippen molar-refractivity contribution in [2.24, 2.45) is 0 Å². The van der Waals surface area contributed by atoms with Crippen molar-refractivity contribution in [1.82, 2.24) is 0 Å². The number of Topliss-reactive ketones (excluding diaryl/α,β-unsaturated/α-hetero) is 1. The summed E-state index contributed by atoms with van der Waals surface area (Å²) < 4.78 is 26.8. The number of ketones is 1. The maximum Gasteiger partial charge on any atom is 0.306 e. The highest BCUT2D eigenvalue weighted by Gasteiger charge is 2.23. The van der Waals surface area contributed by atoms with E-state index >= 15 is 0 Å². The summed E-state index contributed by atoms with van der Waals surface area (Å²) in [6.07, 6.45) is 1.97. The van der Waals surface area contributed by atoms with Gasteiger partial charge in [0.25, 0.3) is 0 Å². The van der Waals surface area contributed by atoms with Gasteiger partial charge in [-0.25, -0.2) is 0 Å². The zero-order valence-electron chi connectivity index (χ0n) is 8.19. The van der Waals surface area contributed by atoms with Gasteiger partial charge in [0.05, 0.1) is 6.26 Å². The predicted octanol–water partition coefficient (Wildman–Crippen LogP) is 1.15. The Hall–Kier alpha value is -1.36. The van der Waals surface area contributed by atoms with Crippen molar-refractivity contribution in [3.05, 3.63) is 29.3 Å². The third kappa shape index (κ3) is 2.02. The van der Waals surface area contributed by atoms with Crippen molar-refractivity contribution in [2.75, 3.05) is 6.26 Å². The third-order valence-electron chi connectivity index (χ3n) is 2.28. The summed E-state index contributed by atoms with van der Waals surface area (Å²) in [5.41, 5.74) is 1.28. The molecular formula is C10H10O4S. The van der Waals surface area contributed by atoms with Gasteiger partial charge < -0.3 is 4.18 Å². The van der Waals surface area contributed by atoms with Crippen molar-refractivity contribution in [1.29, 1.82) is 0 Å². The Balaban J connectivity index is 2.47. The van der Waals surface area contributed by atoms with Crippen molar-refractivity contribution in [2.45, 2.75) is 12.8 Å². The largest absolute Gasteiger partial charge is 0.382 e. The van der Waals surface area contributed by atoms with Crippen LogP contribution in [0.3, 0.4) is 0 Å². The smallest absolute Gasteiger partial charge is 0.306 e. The first kappa shape index (κ1) is 10.2. The summed E-state index contributed by atoms with van der Waals surface area (Å²) in [4.78, 5) is 11.4. The van der Waals surface area contributed by atoms with Gasteiger partial charge in [0, 0.05) is 17.5 Å². The molecular weight excluding hydrogens is 216 g/mol. The molecule has 1 aromatic carbocycles. The van der Waals surface area contributed by atoms with Crippen LogP contribution in [0.1, 0.15) is 22.3 Å². The number of rotatable bonds is 2. The summed E-state index contributed by atoms with van der Waals surface area (Å²) in [7, 11) is -3.53. The van der Waals surface area contributed by atoms with Crippen LogP contribution in [0.15, 0.2) is 18.2 Å². The lowest BCUT2D eigenvalue weighted by atomic mass is 10.1. The van der Waals surface area contributed by atoms with Crippen LogP contribution in [0.2, 0.25) is 0 Å². The van der Waals surface area contributed by atoms with Gasteiger partial charge in [0.2, 0.25) is 0 Å². The molecule has 0 amide bonds. The maximum absolute atomic E-state index is 11.4. The molecule has 0 unspecified atom stereocenters. The van der Waals surface area contributed by atoms with Gasteiger partial charge in [0.1, 0.15) is 5.75 Å². The third-order valence-corrected chi connectivity index (χ3v) is 2.76. The van der Waals surface area contributed by atoms with Crippen molar-refractivity contribution >= 4 is 15.9 Å². The minimum Gasteiger partial charge on any atom is -0.382 e. The second-order valence-electron chi connectivity index (χ2n) is 3.49. The van der Waals surface area contributed by atoms with Gasteiger partial charge in [0.15, 0.2) is 5.78 Å². The Kier molecular flexibility index (Phi) is 2.26. The molecule has 0 radical (unpaired) electrons. The molecule has 0 N–H and O–H groups in total. The Morgan fingerprint density at radius 3 is 2.67 bits per heavy atom. The Morgan fingerprint density at radius 1 is 1.27 bits per heavy atom. The summed E-state index contributed by atoms with van der Waals surface area (Å²) in [6, 6.07) is 4.89. The van der Waals surface area contributed by atoms with E-state index in [0.29, 0.717) is 24.0 Å². The highest BCUT2D eigenvalue weighted by molar-refractivity contribution is 7.86. The lowest BCUT2D eigenvalue weighted by Crippen LogP contribution is -2.07. The molecule has 80 valence electrons. The first-order valence-electron chi connectivity index (χ1n) is 4.52. The molecule has 0 spiro atoms. The van der Waals surface area contributed by atoms with Gasteiger partial charge in [-0.1, -0.05) is 12.1 Å². The molecule has 1 aliphatic rings. The number of hydrogen-bond donors (Lipinski definition) is 0. The van der Waals surface area contributed by atoms with Crippen LogP contribution < -0.4 is 4.18 Å². The quantitative estimate of drug-likeness (QED) is 0.710. The second kappa shape index (κ2) is 3.34. The lowest BCUT2D eigenvalue weighted by Gasteiger charge is -2.07. The van der Waals surface area contributed by atoms with E-state index in [0.717, 1.165) is 6.26 Å². The summed E-state index contributed by atoms with van der Waals surface area (Å²) in [5.74, 6) is 0.324. The zero-order chi connectivity index (χ0) is 11.1. The average molecular weight is 226 g/mol. The van der Waals surface area contributed by atoms with Gasteiger partial charge in [-0.05, 0) is 12.5 Å². The van der Waals surface area contributed by atoms with E-state index in [9.17, 15) is 13.2 Å². The normalized spacial score (nSPS) is 15.1. The van der Waals surface area contributed by atoms with E-state index in [4.69, 9.17) is 4.18 Å². The number of fused-ring (bicyclic) bond motifs is 1. The lowest BCUT2D eigenvalue weighted by molar-refractivity contribution is 0.0994. The number of carbonyl (C=O) groups excluding carboxylic acids is 1. The monoisotopic (exact) mass is 226 g/mol. The number of hydrogen-bond acceptors (Lipinski definition) is 4. The first-order valence-corrected chi connectivity index (χ1v) is 6.33. The summed E-state index contributed by atoms with van der Waals surface area (Å²) in [5, 5.41) is 0. The van der Waals surface area contributed by atoms with Gasteiger partial charge >= 0.3 is 10.1 Å². The van der Waals surface area contributed by atoms with Crippen molar-refractivity contribution in [3.8, 4) is 5.75 Å². The summed E-state index contributed by atoms with van der Waals surface area (Å²) >= 11 is 0. The minimum absolute atomic E-state index is 0.0453. The van der Waals surface area contributed by atoms with E-state index in [2.05, 4.69) is 0 Å². The van der Waals surface area contributed by atoms with Gasteiger partial charge in [-0.2, -0.15) is 8.42 Å². The van der Waals surface area contributed by atoms with Crippen LogP contribution in [-0.4, -0.2) is 20.5 Å². The Bertz CT molecular complexity index is 516. The van der Waals surface area contributed by atoms with Gasteiger partial charge in [-0.15, -0.1) is 0 Å². The average Bonchev–Trinajstić information content (AvgIpc) is 2.47. The van der Waals surface area contributed by atoms with E-state index in [1.807, 2.05) is 0 Å². The molecule has 0 saturated carbocycles. The molecule has 4 nitrogen and oxygen atoms in total. The maximum atomic E-state index is 11.4. The van der Waals surface area contributed by atoms with E-state index in [-0.39, 0.29) is 11.5 Å². The highest BCUT2D eigenvalue weighted by atomic mass is 32.2. The standard InChI is InChI=1S/C10H10O4S/c1-15(12,13)14-10-4-2-3-7-8(10)5-6-9(7)11/h2-4H,5-6H2,1H3. The molecule has 5 heteroatoms. The SMILES string of the molecule is CS(=O)(=O)Oc1cccc2c1CCC2=O. The van der Waals surface area contributed by atoms with Crippen LogP contribution in [0.4, 0.5) is 0 Å². The molecule has 1 aliphatic carbocycles. The molecule has 0 bridgehead atoms. The summed E-state index contributed by atoms with van der Waals surface area (Å²) in [6.45, 7) is 0. The number of benzene rings is 1. The highest BCUT2D eigenvalue weighted by Crippen LogP contribution is 2.30. The molecule has 2 rings (SSSR count). The van der Waals surface area contributed by atoms with Crippen LogP contribution in [-0.2, 0) is 16.5 Å². The molecule has 0 heterocycles. The fourth-order valence-corrected chi connectivity index (χ4v) is 2.18. The van der Waals surface area contributed by atoms with E-state index in [1.165, 1.54) is 0 Å². The second-order valence-corrected chi connectivity index (χ2v) is 5.07. The Labute approximate surface area is 88.0 Å². The van der Waals surface area contributed by atoms with Crippen LogP contribution >= 0.6 is 0 Å². The molecule has 0 atom stereocenters.